The molecule has 0 saturated carbocycles. The van der Waals surface area contributed by atoms with Crippen molar-refractivity contribution in [1.82, 2.24) is 0 Å². The van der Waals surface area contributed by atoms with Crippen LogP contribution in [0.15, 0.2) is 42.5 Å². The summed E-state index contributed by atoms with van der Waals surface area (Å²) in [7, 11) is 1.62. The summed E-state index contributed by atoms with van der Waals surface area (Å²) >= 11 is 6.20. The Kier molecular flexibility index (Phi) is 3.37. The Labute approximate surface area is 106 Å². The first-order valence-corrected chi connectivity index (χ1v) is 5.53. The van der Waals surface area contributed by atoms with Crippen LogP contribution < -0.4 is 4.74 Å². The summed E-state index contributed by atoms with van der Waals surface area (Å²) in [5.41, 5.74) is 2.87. The SMILES string of the molecule is C#Cc1ccc(-c2ccc(OC)cc2Cl)cc1. The van der Waals surface area contributed by atoms with Gasteiger partial charge in [0.05, 0.1) is 12.1 Å². The highest BCUT2D eigenvalue weighted by Gasteiger charge is 2.04. The highest BCUT2D eigenvalue weighted by Crippen LogP contribution is 2.31. The lowest BCUT2D eigenvalue weighted by molar-refractivity contribution is 0.415. The van der Waals surface area contributed by atoms with Crippen molar-refractivity contribution < 1.29 is 4.74 Å². The quantitative estimate of drug-likeness (QED) is 0.724. The van der Waals surface area contributed by atoms with Crippen LogP contribution in [0.3, 0.4) is 0 Å². The Hall–Kier alpha value is -1.91. The highest BCUT2D eigenvalue weighted by atomic mass is 35.5. The zero-order valence-electron chi connectivity index (χ0n) is 9.41. The van der Waals surface area contributed by atoms with E-state index < -0.39 is 0 Å². The molecule has 0 amide bonds. The molecule has 0 N–H and O–H groups in total. The largest absolute Gasteiger partial charge is 0.497 e. The molecule has 0 radical (unpaired) electrons. The van der Waals surface area contributed by atoms with E-state index in [0.717, 1.165) is 22.4 Å². The van der Waals surface area contributed by atoms with Crippen molar-refractivity contribution in [3.8, 4) is 29.2 Å². The van der Waals surface area contributed by atoms with Crippen LogP contribution in [-0.2, 0) is 0 Å². The first kappa shape index (κ1) is 11.6. The summed E-state index contributed by atoms with van der Waals surface area (Å²) < 4.78 is 5.11. The van der Waals surface area contributed by atoms with Crippen molar-refractivity contribution in [2.75, 3.05) is 7.11 Å². The molecule has 17 heavy (non-hydrogen) atoms. The average molecular weight is 243 g/mol. The molecule has 0 fully saturated rings. The van der Waals surface area contributed by atoms with Gasteiger partial charge >= 0.3 is 0 Å². The molecule has 0 aliphatic carbocycles. The number of hydrogen-bond donors (Lipinski definition) is 0. The van der Waals surface area contributed by atoms with Crippen LogP contribution in [0.2, 0.25) is 5.02 Å². The fourth-order valence-corrected chi connectivity index (χ4v) is 1.88. The summed E-state index contributed by atoms with van der Waals surface area (Å²) in [6.07, 6.45) is 5.31. The lowest BCUT2D eigenvalue weighted by Gasteiger charge is -2.07. The van der Waals surface area contributed by atoms with Crippen molar-refractivity contribution in [2.24, 2.45) is 0 Å². The van der Waals surface area contributed by atoms with Crippen molar-refractivity contribution >= 4 is 11.6 Å². The van der Waals surface area contributed by atoms with Gasteiger partial charge in [0.25, 0.3) is 0 Å². The molecule has 0 heterocycles. The number of halogens is 1. The third-order valence-electron chi connectivity index (χ3n) is 2.54. The van der Waals surface area contributed by atoms with Gasteiger partial charge in [-0.25, -0.2) is 0 Å². The van der Waals surface area contributed by atoms with Gasteiger partial charge in [0, 0.05) is 11.1 Å². The Morgan fingerprint density at radius 3 is 2.35 bits per heavy atom. The average Bonchev–Trinajstić information content (AvgIpc) is 2.39. The highest BCUT2D eigenvalue weighted by molar-refractivity contribution is 6.33. The molecule has 2 aromatic carbocycles. The normalized spacial score (nSPS) is 9.71. The summed E-state index contributed by atoms with van der Waals surface area (Å²) in [4.78, 5) is 0. The third kappa shape index (κ3) is 2.43. The summed E-state index contributed by atoms with van der Waals surface area (Å²) in [5.74, 6) is 3.33. The maximum absolute atomic E-state index is 6.20. The first-order valence-electron chi connectivity index (χ1n) is 5.15. The molecule has 0 bridgehead atoms. The van der Waals surface area contributed by atoms with E-state index in [0.29, 0.717) is 5.02 Å². The van der Waals surface area contributed by atoms with Crippen LogP contribution in [0, 0.1) is 12.3 Å². The van der Waals surface area contributed by atoms with Crippen molar-refractivity contribution in [3.05, 3.63) is 53.1 Å². The minimum atomic E-state index is 0.665. The van der Waals surface area contributed by atoms with Gasteiger partial charge < -0.3 is 4.74 Å². The Bertz CT molecular complexity index is 564. The zero-order valence-corrected chi connectivity index (χ0v) is 10.2. The molecule has 2 heteroatoms. The van der Waals surface area contributed by atoms with E-state index in [4.69, 9.17) is 22.8 Å². The number of ether oxygens (including phenoxy) is 1. The number of hydrogen-bond acceptors (Lipinski definition) is 1. The van der Waals surface area contributed by atoms with Gasteiger partial charge in [-0.2, -0.15) is 0 Å². The molecule has 2 rings (SSSR count). The van der Waals surface area contributed by atoms with Crippen LogP contribution in [-0.4, -0.2) is 7.11 Å². The van der Waals surface area contributed by atoms with Crippen molar-refractivity contribution in [1.29, 1.82) is 0 Å². The second kappa shape index (κ2) is 4.95. The molecule has 0 aromatic heterocycles. The minimum Gasteiger partial charge on any atom is -0.497 e. The Balaban J connectivity index is 2.42. The number of methoxy groups -OCH3 is 1. The summed E-state index contributed by atoms with van der Waals surface area (Å²) in [5, 5.41) is 0.665. The van der Waals surface area contributed by atoms with Gasteiger partial charge in [0.1, 0.15) is 5.75 Å². The van der Waals surface area contributed by atoms with Gasteiger partial charge in [0.2, 0.25) is 0 Å². The van der Waals surface area contributed by atoms with Crippen molar-refractivity contribution in [3.63, 3.8) is 0 Å². The van der Waals surface area contributed by atoms with Crippen LogP contribution >= 0.6 is 11.6 Å². The predicted octanol–water partition coefficient (Wildman–Crippen LogP) is 4.00. The van der Waals surface area contributed by atoms with Gasteiger partial charge in [-0.15, -0.1) is 6.42 Å². The molecule has 0 saturated heterocycles. The Morgan fingerprint density at radius 2 is 1.82 bits per heavy atom. The fraction of sp³-hybridized carbons (Fsp3) is 0.0667. The maximum atomic E-state index is 6.20. The zero-order chi connectivity index (χ0) is 12.3. The van der Waals surface area contributed by atoms with E-state index in [-0.39, 0.29) is 0 Å². The van der Waals surface area contributed by atoms with E-state index in [1.165, 1.54) is 0 Å². The van der Waals surface area contributed by atoms with Crippen LogP contribution in [0.25, 0.3) is 11.1 Å². The lowest BCUT2D eigenvalue weighted by atomic mass is 10.0. The third-order valence-corrected chi connectivity index (χ3v) is 2.85. The van der Waals surface area contributed by atoms with Crippen molar-refractivity contribution in [2.45, 2.75) is 0 Å². The van der Waals surface area contributed by atoms with Crippen LogP contribution in [0.4, 0.5) is 0 Å². The second-order valence-corrected chi connectivity index (χ2v) is 3.97. The maximum Gasteiger partial charge on any atom is 0.120 e. The molecule has 84 valence electrons. The van der Waals surface area contributed by atoms with Gasteiger partial charge in [-0.1, -0.05) is 29.7 Å². The molecule has 0 atom stereocenters. The second-order valence-electron chi connectivity index (χ2n) is 3.57. The lowest BCUT2D eigenvalue weighted by Crippen LogP contribution is -1.85. The molecular formula is C15H11ClO. The molecule has 1 nitrogen and oxygen atoms in total. The van der Waals surface area contributed by atoms with E-state index >= 15 is 0 Å². The van der Waals surface area contributed by atoms with Crippen LogP contribution in [0.1, 0.15) is 5.56 Å². The topological polar surface area (TPSA) is 9.23 Å². The molecule has 2 aromatic rings. The molecule has 0 aliphatic rings. The minimum absolute atomic E-state index is 0.665. The standard InChI is InChI=1S/C15H11ClO/c1-3-11-4-6-12(7-5-11)14-9-8-13(17-2)10-15(14)16/h1,4-10H,2H3. The molecule has 0 spiro atoms. The Morgan fingerprint density at radius 1 is 1.12 bits per heavy atom. The number of terminal acetylenes is 1. The van der Waals surface area contributed by atoms with E-state index in [1.54, 1.807) is 13.2 Å². The predicted molar refractivity (Wildman–Crippen MR) is 71.4 cm³/mol. The number of rotatable bonds is 2. The monoisotopic (exact) mass is 242 g/mol. The summed E-state index contributed by atoms with van der Waals surface area (Å²) in [6, 6.07) is 13.3. The summed E-state index contributed by atoms with van der Waals surface area (Å²) in [6.45, 7) is 0. The number of benzene rings is 2. The molecule has 0 aliphatic heterocycles. The van der Waals surface area contributed by atoms with Gasteiger partial charge in [0.15, 0.2) is 0 Å². The molecule has 0 unspecified atom stereocenters. The first-order chi connectivity index (χ1) is 8.24. The van der Waals surface area contributed by atoms with E-state index in [1.807, 2.05) is 36.4 Å². The van der Waals surface area contributed by atoms with Gasteiger partial charge in [-0.05, 0) is 35.9 Å². The van der Waals surface area contributed by atoms with Crippen LogP contribution in [0.5, 0.6) is 5.75 Å². The van der Waals surface area contributed by atoms with E-state index in [9.17, 15) is 0 Å². The smallest absolute Gasteiger partial charge is 0.120 e. The van der Waals surface area contributed by atoms with E-state index in [2.05, 4.69) is 5.92 Å². The van der Waals surface area contributed by atoms with Gasteiger partial charge in [-0.3, -0.25) is 0 Å². The fourth-order valence-electron chi connectivity index (χ4n) is 1.60. The molecular weight excluding hydrogens is 232 g/mol.